The van der Waals surface area contributed by atoms with Crippen molar-refractivity contribution in [2.75, 3.05) is 19.8 Å². The van der Waals surface area contributed by atoms with Crippen molar-refractivity contribution in [2.45, 2.75) is 44.7 Å². The van der Waals surface area contributed by atoms with Crippen LogP contribution in [-0.2, 0) is 38.5 Å². The second-order valence-electron chi connectivity index (χ2n) is 10.5. The maximum atomic E-state index is 13.4. The zero-order chi connectivity index (χ0) is 28.6. The van der Waals surface area contributed by atoms with E-state index in [1.54, 1.807) is 0 Å². The molecular weight excluding hydrogens is 520 g/mol. The van der Waals surface area contributed by atoms with Crippen LogP contribution in [0, 0.1) is 5.92 Å². The number of benzene rings is 2. The molecule has 3 heterocycles. The van der Waals surface area contributed by atoms with E-state index in [1.807, 2.05) is 71.7 Å². The Labute approximate surface area is 239 Å². The average molecular weight is 557 g/mol. The van der Waals surface area contributed by atoms with Crippen LogP contribution in [0.15, 0.2) is 79.3 Å². The van der Waals surface area contributed by atoms with Gasteiger partial charge in [-0.2, -0.15) is 0 Å². The highest BCUT2D eigenvalue weighted by molar-refractivity contribution is 5.91. The summed E-state index contributed by atoms with van der Waals surface area (Å²) in [6, 6.07) is 19.3. The molecule has 4 aromatic rings. The SMILES string of the molecule is O=C(O)C[C@@H](CCCc1ccc(-n2cccc2)cc1)C(=O)N[C@H]1Cc2cn(c3ccccc23)CCOCCNC1=O. The van der Waals surface area contributed by atoms with E-state index in [0.717, 1.165) is 34.1 Å². The van der Waals surface area contributed by atoms with Gasteiger partial charge in [-0.3, -0.25) is 14.4 Å². The Morgan fingerprint density at radius 3 is 2.61 bits per heavy atom. The van der Waals surface area contributed by atoms with E-state index >= 15 is 0 Å². The Kier molecular flexibility index (Phi) is 9.15. The van der Waals surface area contributed by atoms with Crippen molar-refractivity contribution in [1.82, 2.24) is 19.8 Å². The molecule has 0 unspecified atom stereocenters. The molecule has 9 heteroatoms. The van der Waals surface area contributed by atoms with Gasteiger partial charge in [0.2, 0.25) is 11.8 Å². The third-order valence-corrected chi connectivity index (χ3v) is 7.60. The molecule has 3 N–H and O–H groups in total. The van der Waals surface area contributed by atoms with Gasteiger partial charge in [0.25, 0.3) is 0 Å². The van der Waals surface area contributed by atoms with Crippen LogP contribution in [0.25, 0.3) is 16.6 Å². The van der Waals surface area contributed by atoms with Crippen molar-refractivity contribution in [3.05, 3.63) is 90.4 Å². The topological polar surface area (TPSA) is 115 Å². The Balaban J connectivity index is 1.27. The van der Waals surface area contributed by atoms with Gasteiger partial charge in [0.1, 0.15) is 6.04 Å². The molecule has 0 saturated heterocycles. The minimum Gasteiger partial charge on any atom is -0.481 e. The molecule has 0 aliphatic carbocycles. The first-order chi connectivity index (χ1) is 20.0. The van der Waals surface area contributed by atoms with Gasteiger partial charge < -0.3 is 29.6 Å². The monoisotopic (exact) mass is 556 g/mol. The highest BCUT2D eigenvalue weighted by Gasteiger charge is 2.28. The smallest absolute Gasteiger partial charge is 0.304 e. The van der Waals surface area contributed by atoms with Gasteiger partial charge in [-0.05, 0) is 60.7 Å². The summed E-state index contributed by atoms with van der Waals surface area (Å²) in [6.07, 6.45) is 7.77. The molecule has 2 atom stereocenters. The number of para-hydroxylation sites is 1. The first-order valence-corrected chi connectivity index (χ1v) is 14.1. The molecule has 41 heavy (non-hydrogen) atoms. The average Bonchev–Trinajstić information content (AvgIpc) is 3.62. The molecule has 2 aromatic heterocycles. The highest BCUT2D eigenvalue weighted by atomic mass is 16.5. The largest absolute Gasteiger partial charge is 0.481 e. The molecule has 0 spiro atoms. The second kappa shape index (κ2) is 13.3. The zero-order valence-corrected chi connectivity index (χ0v) is 23.0. The van der Waals surface area contributed by atoms with Crippen LogP contribution in [0.3, 0.4) is 0 Å². The fourth-order valence-electron chi connectivity index (χ4n) is 5.45. The van der Waals surface area contributed by atoms with E-state index in [1.165, 1.54) is 0 Å². The van der Waals surface area contributed by atoms with Crippen molar-refractivity contribution in [2.24, 2.45) is 5.92 Å². The minimum absolute atomic E-state index is 0.292. The van der Waals surface area contributed by atoms with Crippen LogP contribution in [0.4, 0.5) is 0 Å². The molecule has 2 aromatic carbocycles. The summed E-state index contributed by atoms with van der Waals surface area (Å²) in [7, 11) is 0. The lowest BCUT2D eigenvalue weighted by molar-refractivity contribution is -0.141. The number of carboxylic acids is 1. The van der Waals surface area contributed by atoms with Crippen molar-refractivity contribution in [3.8, 4) is 5.69 Å². The molecule has 9 nitrogen and oxygen atoms in total. The Morgan fingerprint density at radius 1 is 1.05 bits per heavy atom. The number of aliphatic carboxylic acids is 1. The lowest BCUT2D eigenvalue weighted by Crippen LogP contribution is -2.50. The summed E-state index contributed by atoms with van der Waals surface area (Å²) in [6.45, 7) is 1.91. The third-order valence-electron chi connectivity index (χ3n) is 7.60. The lowest BCUT2D eigenvalue weighted by atomic mass is 9.94. The number of aryl methyl sites for hydroxylation is 1. The van der Waals surface area contributed by atoms with E-state index in [4.69, 9.17) is 4.74 Å². The zero-order valence-electron chi connectivity index (χ0n) is 23.0. The molecule has 214 valence electrons. The van der Waals surface area contributed by atoms with E-state index in [2.05, 4.69) is 27.3 Å². The maximum absolute atomic E-state index is 13.4. The first-order valence-electron chi connectivity index (χ1n) is 14.1. The predicted octanol–water partition coefficient (Wildman–Crippen LogP) is 3.72. The van der Waals surface area contributed by atoms with Gasteiger partial charge >= 0.3 is 5.97 Å². The van der Waals surface area contributed by atoms with Crippen molar-refractivity contribution in [1.29, 1.82) is 0 Å². The van der Waals surface area contributed by atoms with E-state index in [0.29, 0.717) is 45.6 Å². The fourth-order valence-corrected chi connectivity index (χ4v) is 5.45. The first kappa shape index (κ1) is 28.2. The Morgan fingerprint density at radius 2 is 1.83 bits per heavy atom. The summed E-state index contributed by atoms with van der Waals surface area (Å²) in [5.41, 5.74) is 4.17. The second-order valence-corrected chi connectivity index (χ2v) is 10.5. The van der Waals surface area contributed by atoms with Crippen molar-refractivity contribution >= 4 is 28.7 Å². The standard InChI is InChI=1S/C32H36N4O5/c37-30(38)21-24(7-5-6-23-10-12-26(13-11-23)35-15-3-4-16-35)31(39)34-28-20-25-22-36(29-9-2-1-8-27(25)29)17-19-41-18-14-33-32(28)40/h1-4,8-13,15-16,22,24,28H,5-7,14,17-21H2,(H,33,40)(H,34,39)(H,37,38)/t24-,28+/m1/s1. The van der Waals surface area contributed by atoms with E-state index in [9.17, 15) is 19.5 Å². The van der Waals surface area contributed by atoms with Gasteiger partial charge in [0.05, 0.1) is 19.6 Å². The van der Waals surface area contributed by atoms with Gasteiger partial charge in [0, 0.05) is 60.6 Å². The molecule has 2 bridgehead atoms. The number of rotatable bonds is 9. The number of carbonyl (C=O) groups is 3. The van der Waals surface area contributed by atoms with Crippen LogP contribution in [0.1, 0.15) is 30.4 Å². The summed E-state index contributed by atoms with van der Waals surface area (Å²) in [5, 5.41) is 16.3. The summed E-state index contributed by atoms with van der Waals surface area (Å²) in [4.78, 5) is 38.3. The van der Waals surface area contributed by atoms with Crippen molar-refractivity contribution in [3.63, 3.8) is 0 Å². The van der Waals surface area contributed by atoms with Crippen LogP contribution >= 0.6 is 0 Å². The number of nitrogens with zero attached hydrogens (tertiary/aromatic N) is 2. The number of hydrogen-bond donors (Lipinski definition) is 3. The summed E-state index contributed by atoms with van der Waals surface area (Å²) in [5.74, 6) is -2.51. The van der Waals surface area contributed by atoms with E-state index in [-0.39, 0.29) is 12.3 Å². The molecule has 1 aliphatic heterocycles. The van der Waals surface area contributed by atoms with Gasteiger partial charge in [0.15, 0.2) is 0 Å². The minimum atomic E-state index is -1.04. The normalized spacial score (nSPS) is 16.8. The van der Waals surface area contributed by atoms with Gasteiger partial charge in [-0.1, -0.05) is 30.3 Å². The van der Waals surface area contributed by atoms with Gasteiger partial charge in [-0.25, -0.2) is 0 Å². The highest BCUT2D eigenvalue weighted by Crippen LogP contribution is 2.24. The quantitative estimate of drug-likeness (QED) is 0.291. The summed E-state index contributed by atoms with van der Waals surface area (Å²) >= 11 is 0. The number of amides is 2. The molecule has 1 aliphatic rings. The molecule has 2 amide bonds. The summed E-state index contributed by atoms with van der Waals surface area (Å²) < 4.78 is 9.83. The third kappa shape index (κ3) is 7.24. The van der Waals surface area contributed by atoms with Gasteiger partial charge in [-0.15, -0.1) is 0 Å². The lowest BCUT2D eigenvalue weighted by Gasteiger charge is -2.22. The number of carbonyl (C=O) groups excluding carboxylic acids is 2. The van der Waals surface area contributed by atoms with Crippen LogP contribution in [-0.4, -0.2) is 57.8 Å². The Hall–Kier alpha value is -4.37. The predicted molar refractivity (Wildman–Crippen MR) is 156 cm³/mol. The van der Waals surface area contributed by atoms with Crippen LogP contribution < -0.4 is 10.6 Å². The molecule has 5 rings (SSSR count). The molecular formula is C32H36N4O5. The Bertz CT molecular complexity index is 1480. The fraction of sp³-hybridized carbons (Fsp3) is 0.344. The number of aromatic nitrogens is 2. The molecule has 0 saturated carbocycles. The number of ether oxygens (including phenoxy) is 1. The van der Waals surface area contributed by atoms with Crippen LogP contribution in [0.5, 0.6) is 0 Å². The number of hydrogen-bond acceptors (Lipinski definition) is 4. The van der Waals surface area contributed by atoms with E-state index < -0.39 is 23.8 Å². The van der Waals surface area contributed by atoms with Crippen LogP contribution in [0.2, 0.25) is 0 Å². The molecule has 0 fully saturated rings. The number of carboxylic acid groups (broad SMARTS) is 1. The number of nitrogens with one attached hydrogen (secondary N) is 2. The number of fused-ring (bicyclic) bond motifs is 5. The van der Waals surface area contributed by atoms with Crippen molar-refractivity contribution < 1.29 is 24.2 Å². The maximum Gasteiger partial charge on any atom is 0.304 e. The molecule has 0 radical (unpaired) electrons.